The van der Waals surface area contributed by atoms with Crippen LogP contribution in [0.25, 0.3) is 0 Å². The molecule has 0 saturated heterocycles. The summed E-state index contributed by atoms with van der Waals surface area (Å²) >= 11 is 0. The van der Waals surface area contributed by atoms with E-state index >= 15 is 0 Å². The lowest BCUT2D eigenvalue weighted by molar-refractivity contribution is -0.384. The summed E-state index contributed by atoms with van der Waals surface area (Å²) in [5, 5.41) is 14.0. The standard InChI is InChI=1S/C12H20N4O2/c1-5-8-15(9(2)3)12-10(16(17)18)6-7-11(13-4)14-12/h6-7,9H,5,8H2,1-4H3,(H,13,14). The number of pyridine rings is 1. The van der Waals surface area contributed by atoms with Crippen molar-refractivity contribution in [3.8, 4) is 0 Å². The molecule has 0 aromatic carbocycles. The van der Waals surface area contributed by atoms with Crippen LogP contribution in [0.2, 0.25) is 0 Å². The zero-order valence-electron chi connectivity index (χ0n) is 11.3. The molecule has 1 heterocycles. The zero-order valence-corrected chi connectivity index (χ0v) is 11.3. The fraction of sp³-hybridized carbons (Fsp3) is 0.583. The summed E-state index contributed by atoms with van der Waals surface area (Å²) in [4.78, 5) is 17.0. The summed E-state index contributed by atoms with van der Waals surface area (Å²) < 4.78 is 0. The van der Waals surface area contributed by atoms with Gasteiger partial charge in [0.2, 0.25) is 5.82 Å². The van der Waals surface area contributed by atoms with Crippen LogP contribution >= 0.6 is 0 Å². The van der Waals surface area contributed by atoms with Crippen LogP contribution in [0, 0.1) is 10.1 Å². The maximum Gasteiger partial charge on any atom is 0.311 e. The average molecular weight is 252 g/mol. The van der Waals surface area contributed by atoms with E-state index in [2.05, 4.69) is 10.3 Å². The number of hydrogen-bond acceptors (Lipinski definition) is 5. The highest BCUT2D eigenvalue weighted by Crippen LogP contribution is 2.29. The zero-order chi connectivity index (χ0) is 13.7. The molecule has 6 nitrogen and oxygen atoms in total. The lowest BCUT2D eigenvalue weighted by atomic mass is 10.2. The summed E-state index contributed by atoms with van der Waals surface area (Å²) in [6.07, 6.45) is 0.917. The summed E-state index contributed by atoms with van der Waals surface area (Å²) in [5.74, 6) is 1.07. The van der Waals surface area contributed by atoms with Gasteiger partial charge in [0.1, 0.15) is 5.82 Å². The van der Waals surface area contributed by atoms with E-state index in [4.69, 9.17) is 0 Å². The van der Waals surface area contributed by atoms with Crippen molar-refractivity contribution in [2.45, 2.75) is 33.2 Å². The molecule has 1 aromatic rings. The first kappa shape index (κ1) is 14.2. The van der Waals surface area contributed by atoms with Crippen LogP contribution in [0.3, 0.4) is 0 Å². The Bertz CT molecular complexity index is 421. The van der Waals surface area contributed by atoms with Crippen molar-refractivity contribution < 1.29 is 4.92 Å². The Morgan fingerprint density at radius 3 is 2.61 bits per heavy atom. The molecular weight excluding hydrogens is 232 g/mol. The highest BCUT2D eigenvalue weighted by Gasteiger charge is 2.23. The van der Waals surface area contributed by atoms with Crippen molar-refractivity contribution in [2.75, 3.05) is 23.8 Å². The second kappa shape index (κ2) is 6.18. The second-order valence-corrected chi connectivity index (χ2v) is 4.33. The normalized spacial score (nSPS) is 10.5. The molecule has 100 valence electrons. The Hall–Kier alpha value is -1.85. The first-order valence-electron chi connectivity index (χ1n) is 6.11. The Balaban J connectivity index is 3.27. The Morgan fingerprint density at radius 2 is 2.17 bits per heavy atom. The van der Waals surface area contributed by atoms with E-state index in [0.29, 0.717) is 11.6 Å². The van der Waals surface area contributed by atoms with E-state index in [1.165, 1.54) is 6.07 Å². The van der Waals surface area contributed by atoms with Crippen molar-refractivity contribution in [3.05, 3.63) is 22.2 Å². The topological polar surface area (TPSA) is 71.3 Å². The fourth-order valence-corrected chi connectivity index (χ4v) is 1.78. The van der Waals surface area contributed by atoms with Crippen LogP contribution in [-0.2, 0) is 0 Å². The molecule has 0 fully saturated rings. The number of anilines is 2. The molecule has 0 aliphatic rings. The molecule has 0 radical (unpaired) electrons. The van der Waals surface area contributed by atoms with Crippen LogP contribution in [0.4, 0.5) is 17.3 Å². The molecule has 1 aromatic heterocycles. The third kappa shape index (κ3) is 3.09. The Labute approximate surface area is 107 Å². The van der Waals surface area contributed by atoms with Gasteiger partial charge in [-0.1, -0.05) is 6.92 Å². The summed E-state index contributed by atoms with van der Waals surface area (Å²) in [7, 11) is 1.75. The number of rotatable bonds is 6. The van der Waals surface area contributed by atoms with Gasteiger partial charge in [0, 0.05) is 25.7 Å². The molecule has 0 atom stereocenters. The van der Waals surface area contributed by atoms with E-state index in [9.17, 15) is 10.1 Å². The van der Waals surface area contributed by atoms with E-state index in [0.717, 1.165) is 13.0 Å². The lowest BCUT2D eigenvalue weighted by Crippen LogP contribution is -2.32. The maximum absolute atomic E-state index is 11.1. The highest BCUT2D eigenvalue weighted by molar-refractivity contribution is 5.62. The number of nitrogens with zero attached hydrogens (tertiary/aromatic N) is 3. The van der Waals surface area contributed by atoms with Crippen molar-refractivity contribution >= 4 is 17.3 Å². The second-order valence-electron chi connectivity index (χ2n) is 4.33. The third-order valence-corrected chi connectivity index (χ3v) is 2.67. The van der Waals surface area contributed by atoms with Crippen LogP contribution in [0.1, 0.15) is 27.2 Å². The summed E-state index contributed by atoms with van der Waals surface area (Å²) in [6, 6.07) is 3.29. The number of hydrogen-bond donors (Lipinski definition) is 1. The van der Waals surface area contributed by atoms with E-state index in [1.54, 1.807) is 13.1 Å². The van der Waals surface area contributed by atoms with Crippen molar-refractivity contribution in [1.82, 2.24) is 4.98 Å². The summed E-state index contributed by atoms with van der Waals surface area (Å²) in [6.45, 7) is 6.81. The fourth-order valence-electron chi connectivity index (χ4n) is 1.78. The third-order valence-electron chi connectivity index (χ3n) is 2.67. The number of nitro groups is 1. The van der Waals surface area contributed by atoms with E-state index in [-0.39, 0.29) is 16.7 Å². The molecule has 0 aliphatic carbocycles. The maximum atomic E-state index is 11.1. The van der Waals surface area contributed by atoms with Gasteiger partial charge in [0.25, 0.3) is 0 Å². The average Bonchev–Trinajstić information content (AvgIpc) is 2.34. The molecule has 1 rings (SSSR count). The molecule has 0 amide bonds. The first-order chi connectivity index (χ1) is 8.51. The van der Waals surface area contributed by atoms with Gasteiger partial charge in [0.15, 0.2) is 0 Å². The van der Waals surface area contributed by atoms with Crippen molar-refractivity contribution in [2.24, 2.45) is 0 Å². The predicted molar refractivity (Wildman–Crippen MR) is 73.2 cm³/mol. The van der Waals surface area contributed by atoms with Gasteiger partial charge in [0.05, 0.1) is 4.92 Å². The van der Waals surface area contributed by atoms with Gasteiger partial charge < -0.3 is 10.2 Å². The molecule has 0 saturated carbocycles. The summed E-state index contributed by atoms with van der Waals surface area (Å²) in [5.41, 5.74) is 0.0520. The first-order valence-corrected chi connectivity index (χ1v) is 6.11. The minimum absolute atomic E-state index is 0.0520. The molecule has 18 heavy (non-hydrogen) atoms. The van der Waals surface area contributed by atoms with Crippen molar-refractivity contribution in [1.29, 1.82) is 0 Å². The molecular formula is C12H20N4O2. The smallest absolute Gasteiger partial charge is 0.311 e. The van der Waals surface area contributed by atoms with Gasteiger partial charge in [-0.05, 0) is 26.3 Å². The molecule has 0 unspecified atom stereocenters. The molecule has 1 N–H and O–H groups in total. The molecule has 6 heteroatoms. The number of nitrogens with one attached hydrogen (secondary N) is 1. The number of aromatic nitrogens is 1. The van der Waals surface area contributed by atoms with Crippen LogP contribution < -0.4 is 10.2 Å². The Kier molecular flexibility index (Phi) is 4.88. The van der Waals surface area contributed by atoms with Crippen LogP contribution in [-0.4, -0.2) is 29.5 Å². The van der Waals surface area contributed by atoms with Crippen LogP contribution in [0.15, 0.2) is 12.1 Å². The van der Waals surface area contributed by atoms with Gasteiger partial charge in [-0.2, -0.15) is 0 Å². The monoisotopic (exact) mass is 252 g/mol. The predicted octanol–water partition coefficient (Wildman–Crippen LogP) is 2.66. The van der Waals surface area contributed by atoms with Gasteiger partial charge >= 0.3 is 5.69 Å². The molecule has 0 bridgehead atoms. The highest BCUT2D eigenvalue weighted by atomic mass is 16.6. The van der Waals surface area contributed by atoms with Gasteiger partial charge in [-0.3, -0.25) is 10.1 Å². The minimum Gasteiger partial charge on any atom is -0.373 e. The SMILES string of the molecule is CCCN(c1nc(NC)ccc1[N+](=O)[O-])C(C)C. The van der Waals surface area contributed by atoms with Gasteiger partial charge in [-0.25, -0.2) is 4.98 Å². The van der Waals surface area contributed by atoms with E-state index in [1.807, 2.05) is 25.7 Å². The van der Waals surface area contributed by atoms with E-state index < -0.39 is 0 Å². The molecule has 0 spiro atoms. The Morgan fingerprint density at radius 1 is 1.50 bits per heavy atom. The minimum atomic E-state index is -0.382. The lowest BCUT2D eigenvalue weighted by Gasteiger charge is -2.27. The largest absolute Gasteiger partial charge is 0.373 e. The quantitative estimate of drug-likeness (QED) is 0.622. The molecule has 0 aliphatic heterocycles. The van der Waals surface area contributed by atoms with Gasteiger partial charge in [-0.15, -0.1) is 0 Å². The van der Waals surface area contributed by atoms with Crippen molar-refractivity contribution in [3.63, 3.8) is 0 Å². The van der Waals surface area contributed by atoms with Crippen LogP contribution in [0.5, 0.6) is 0 Å².